The number of aliphatic hydroxyl groups excluding tert-OH is 1. The summed E-state index contributed by atoms with van der Waals surface area (Å²) in [6.45, 7) is 9.37. The van der Waals surface area contributed by atoms with E-state index in [9.17, 15) is 14.7 Å². The molecule has 144 valence electrons. The summed E-state index contributed by atoms with van der Waals surface area (Å²) in [7, 11) is 0. The number of epoxide rings is 1. The summed E-state index contributed by atoms with van der Waals surface area (Å²) in [5.74, 6) is -2.10. The van der Waals surface area contributed by atoms with Crippen molar-refractivity contribution >= 4 is 11.9 Å². The van der Waals surface area contributed by atoms with Gasteiger partial charge in [0, 0.05) is 17.4 Å². The number of rotatable bonds is 2. The smallest absolute Gasteiger partial charge is 0.333 e. The van der Waals surface area contributed by atoms with Crippen molar-refractivity contribution in [3.05, 3.63) is 11.6 Å². The quantitative estimate of drug-likeness (QED) is 0.460. The number of hydrogen-bond donors (Lipinski definition) is 1. The molecule has 2 aliphatic heterocycles. The molecule has 0 aromatic heterocycles. The molecule has 0 amide bonds. The SMILES string of the molecule is C/C=C(/C)C(=O)O[C@H]1[C@@]2(C)[C@H](CC[C@H](O)[C@@H]2C)C[C@]23OC(=O)[C@@H](C)[C@]12O3. The van der Waals surface area contributed by atoms with Crippen LogP contribution in [0.3, 0.4) is 0 Å². The summed E-state index contributed by atoms with van der Waals surface area (Å²) in [6.07, 6.45) is 2.71. The van der Waals surface area contributed by atoms with Gasteiger partial charge in [0.2, 0.25) is 5.79 Å². The highest BCUT2D eigenvalue weighted by atomic mass is 16.8. The van der Waals surface area contributed by atoms with Gasteiger partial charge in [-0.3, -0.25) is 4.79 Å². The fourth-order valence-corrected chi connectivity index (χ4v) is 5.73. The Morgan fingerprint density at radius 3 is 2.69 bits per heavy atom. The Hall–Kier alpha value is -1.40. The number of fused-ring (bicyclic) bond motifs is 1. The lowest BCUT2D eigenvalue weighted by Crippen LogP contribution is -2.63. The lowest BCUT2D eigenvalue weighted by Gasteiger charge is -2.55. The molecule has 2 saturated heterocycles. The van der Waals surface area contributed by atoms with E-state index in [0.29, 0.717) is 18.4 Å². The summed E-state index contributed by atoms with van der Waals surface area (Å²) < 4.78 is 17.8. The average Bonchev–Trinajstić information content (AvgIpc) is 3.21. The van der Waals surface area contributed by atoms with Crippen LogP contribution in [0.25, 0.3) is 0 Å². The zero-order chi connectivity index (χ0) is 19.1. The van der Waals surface area contributed by atoms with E-state index < -0.39 is 40.9 Å². The minimum atomic E-state index is -0.968. The van der Waals surface area contributed by atoms with E-state index in [1.54, 1.807) is 26.8 Å². The van der Waals surface area contributed by atoms with Gasteiger partial charge in [0.1, 0.15) is 6.10 Å². The standard InChI is InChI=1S/C20H28O6/c1-6-10(2)15(22)24-17-18(5)11(3)14(21)8-7-13(18)9-19-20(17,26-19)12(4)16(23)25-19/h6,11-14,17,21H,7-9H2,1-5H3/b10-6-/t11-,12+,13+,14-,17-,18+,19+,20-/m0/s1. The second kappa shape index (κ2) is 5.32. The Kier molecular flexibility index (Phi) is 3.68. The first-order valence-electron chi connectivity index (χ1n) is 9.59. The third-order valence-corrected chi connectivity index (χ3v) is 7.85. The Balaban J connectivity index is 1.81. The monoisotopic (exact) mass is 364 g/mol. The van der Waals surface area contributed by atoms with Crippen LogP contribution in [0.2, 0.25) is 0 Å². The van der Waals surface area contributed by atoms with E-state index in [1.165, 1.54) is 0 Å². The molecule has 4 fully saturated rings. The molecule has 0 radical (unpaired) electrons. The van der Waals surface area contributed by atoms with E-state index in [2.05, 4.69) is 6.92 Å². The molecule has 8 atom stereocenters. The van der Waals surface area contributed by atoms with Gasteiger partial charge in [-0.2, -0.15) is 0 Å². The number of hydrogen-bond acceptors (Lipinski definition) is 6. The second-order valence-corrected chi connectivity index (χ2v) is 8.75. The Morgan fingerprint density at radius 1 is 1.35 bits per heavy atom. The minimum Gasteiger partial charge on any atom is -0.455 e. The van der Waals surface area contributed by atoms with Gasteiger partial charge in [0.05, 0.1) is 12.0 Å². The molecular formula is C20H28O6. The van der Waals surface area contributed by atoms with E-state index in [-0.39, 0.29) is 17.8 Å². The molecule has 1 N–H and O–H groups in total. The lowest BCUT2D eigenvalue weighted by atomic mass is 9.50. The van der Waals surface area contributed by atoms with Gasteiger partial charge in [-0.15, -0.1) is 0 Å². The number of allylic oxidation sites excluding steroid dienone is 1. The molecule has 0 aromatic carbocycles. The molecule has 0 spiro atoms. The molecule has 4 aliphatic rings. The predicted molar refractivity (Wildman–Crippen MR) is 91.7 cm³/mol. The van der Waals surface area contributed by atoms with E-state index in [1.807, 2.05) is 6.92 Å². The lowest BCUT2D eigenvalue weighted by molar-refractivity contribution is -0.192. The van der Waals surface area contributed by atoms with Gasteiger partial charge >= 0.3 is 11.9 Å². The van der Waals surface area contributed by atoms with Gasteiger partial charge in [-0.25, -0.2) is 4.79 Å². The van der Waals surface area contributed by atoms with Crippen LogP contribution < -0.4 is 0 Å². The molecule has 0 bridgehead atoms. The Bertz CT molecular complexity index is 700. The zero-order valence-electron chi connectivity index (χ0n) is 16.1. The van der Waals surface area contributed by atoms with Crippen LogP contribution in [0.15, 0.2) is 11.6 Å². The summed E-state index contributed by atoms with van der Waals surface area (Å²) >= 11 is 0. The molecule has 0 unspecified atom stereocenters. The normalized spacial score (nSPS) is 52.5. The summed E-state index contributed by atoms with van der Waals surface area (Å²) in [5, 5.41) is 10.6. The first-order valence-corrected chi connectivity index (χ1v) is 9.59. The van der Waals surface area contributed by atoms with E-state index in [0.717, 1.165) is 6.42 Å². The van der Waals surface area contributed by atoms with Gasteiger partial charge in [-0.1, -0.05) is 19.9 Å². The topological polar surface area (TPSA) is 85.4 Å². The maximum atomic E-state index is 12.6. The van der Waals surface area contributed by atoms with Crippen molar-refractivity contribution < 1.29 is 28.9 Å². The summed E-state index contributed by atoms with van der Waals surface area (Å²) in [5.41, 5.74) is -0.909. The molecule has 2 heterocycles. The summed E-state index contributed by atoms with van der Waals surface area (Å²) in [6, 6.07) is 0. The molecule has 0 aromatic rings. The van der Waals surface area contributed by atoms with Crippen LogP contribution >= 0.6 is 0 Å². The van der Waals surface area contributed by atoms with E-state index in [4.69, 9.17) is 14.2 Å². The van der Waals surface area contributed by atoms with Crippen molar-refractivity contribution in [1.82, 2.24) is 0 Å². The van der Waals surface area contributed by atoms with Gasteiger partial charge < -0.3 is 19.3 Å². The van der Waals surface area contributed by atoms with Crippen molar-refractivity contribution in [1.29, 1.82) is 0 Å². The highest BCUT2D eigenvalue weighted by Gasteiger charge is 2.91. The highest BCUT2D eigenvalue weighted by Crippen LogP contribution is 2.74. The third-order valence-electron chi connectivity index (χ3n) is 7.85. The highest BCUT2D eigenvalue weighted by molar-refractivity contribution is 5.88. The zero-order valence-corrected chi connectivity index (χ0v) is 16.1. The van der Waals surface area contributed by atoms with Gasteiger partial charge in [-0.05, 0) is 45.4 Å². The predicted octanol–water partition coefficient (Wildman–Crippen LogP) is 2.34. The number of esters is 2. The van der Waals surface area contributed by atoms with Crippen LogP contribution in [0, 0.1) is 23.2 Å². The van der Waals surface area contributed by atoms with Crippen LogP contribution in [0.5, 0.6) is 0 Å². The minimum absolute atomic E-state index is 0.0792. The number of carbonyl (C=O) groups is 2. The molecule has 26 heavy (non-hydrogen) atoms. The summed E-state index contributed by atoms with van der Waals surface area (Å²) in [4.78, 5) is 25.0. The first kappa shape index (κ1) is 18.0. The van der Waals surface area contributed by atoms with Crippen molar-refractivity contribution in [2.75, 3.05) is 0 Å². The number of carbonyl (C=O) groups excluding carboxylic acids is 2. The van der Waals surface area contributed by atoms with Crippen molar-refractivity contribution in [2.45, 2.75) is 77.5 Å². The van der Waals surface area contributed by atoms with Crippen LogP contribution in [-0.2, 0) is 23.8 Å². The van der Waals surface area contributed by atoms with Crippen molar-refractivity contribution in [2.24, 2.45) is 23.2 Å². The third kappa shape index (κ3) is 1.89. The van der Waals surface area contributed by atoms with Gasteiger partial charge in [0.25, 0.3) is 0 Å². The van der Waals surface area contributed by atoms with E-state index >= 15 is 0 Å². The molecule has 2 aliphatic carbocycles. The first-order chi connectivity index (χ1) is 12.1. The maximum Gasteiger partial charge on any atom is 0.333 e. The molecular weight excluding hydrogens is 336 g/mol. The fourth-order valence-electron chi connectivity index (χ4n) is 5.73. The largest absolute Gasteiger partial charge is 0.455 e. The van der Waals surface area contributed by atoms with Crippen LogP contribution in [0.1, 0.15) is 53.9 Å². The molecule has 6 nitrogen and oxygen atoms in total. The second-order valence-electron chi connectivity index (χ2n) is 8.75. The van der Waals surface area contributed by atoms with Crippen molar-refractivity contribution in [3.8, 4) is 0 Å². The number of ether oxygens (including phenoxy) is 3. The molecule has 6 heteroatoms. The average molecular weight is 364 g/mol. The van der Waals surface area contributed by atoms with Crippen LogP contribution in [0.4, 0.5) is 0 Å². The van der Waals surface area contributed by atoms with Crippen LogP contribution in [-0.4, -0.2) is 40.6 Å². The number of aliphatic hydroxyl groups is 1. The maximum absolute atomic E-state index is 12.6. The fraction of sp³-hybridized carbons (Fsp3) is 0.800. The van der Waals surface area contributed by atoms with Gasteiger partial charge in [0.15, 0.2) is 5.60 Å². The Morgan fingerprint density at radius 2 is 2.04 bits per heavy atom. The molecule has 2 saturated carbocycles. The Labute approximate surface area is 153 Å². The molecule has 4 rings (SSSR count). The van der Waals surface area contributed by atoms with Crippen molar-refractivity contribution in [3.63, 3.8) is 0 Å².